The fraction of sp³-hybridized carbons (Fsp3) is 0.850. The van der Waals surface area contributed by atoms with Gasteiger partial charge in [-0.1, -0.05) is 19.9 Å². The molecule has 23 heavy (non-hydrogen) atoms. The summed E-state index contributed by atoms with van der Waals surface area (Å²) < 4.78 is 0. The molecule has 0 saturated heterocycles. The van der Waals surface area contributed by atoms with Gasteiger partial charge in [-0.2, -0.15) is 0 Å². The van der Waals surface area contributed by atoms with Crippen LogP contribution in [0.15, 0.2) is 12.2 Å². The zero-order valence-electron chi connectivity index (χ0n) is 14.5. The highest BCUT2D eigenvalue weighted by Crippen LogP contribution is 2.72. The van der Waals surface area contributed by atoms with Crippen LogP contribution in [0, 0.1) is 34.0 Å². The van der Waals surface area contributed by atoms with E-state index in [0.717, 1.165) is 56.9 Å². The number of hydrogen-bond acceptors (Lipinski definition) is 2. The fourth-order valence-corrected chi connectivity index (χ4v) is 7.62. The minimum Gasteiger partial charge on any atom is -0.481 e. The molecule has 4 fully saturated rings. The van der Waals surface area contributed by atoms with Crippen LogP contribution >= 0.6 is 0 Å². The summed E-state index contributed by atoms with van der Waals surface area (Å²) in [5, 5.41) is 20.9. The van der Waals surface area contributed by atoms with E-state index in [-0.39, 0.29) is 22.9 Å². The van der Waals surface area contributed by atoms with E-state index in [2.05, 4.69) is 13.5 Å². The summed E-state index contributed by atoms with van der Waals surface area (Å²) in [7, 11) is 0. The Morgan fingerprint density at radius 3 is 2.57 bits per heavy atom. The van der Waals surface area contributed by atoms with Gasteiger partial charge in [0.15, 0.2) is 0 Å². The van der Waals surface area contributed by atoms with Crippen molar-refractivity contribution in [1.82, 2.24) is 0 Å². The third-order valence-corrected chi connectivity index (χ3v) is 8.70. The number of fused-ring (bicyclic) bond motifs is 3. The monoisotopic (exact) mass is 318 g/mol. The maximum atomic E-state index is 12.0. The normalized spacial score (nSPS) is 55.2. The first kappa shape index (κ1) is 15.7. The lowest BCUT2D eigenvalue weighted by Crippen LogP contribution is -2.60. The highest BCUT2D eigenvalue weighted by Gasteiger charge is 2.67. The number of carbonyl (C=O) groups is 1. The van der Waals surface area contributed by atoms with Gasteiger partial charge in [0.1, 0.15) is 0 Å². The Hall–Kier alpha value is -0.830. The molecule has 2 N–H and O–H groups in total. The zero-order valence-corrected chi connectivity index (χ0v) is 14.5. The van der Waals surface area contributed by atoms with Gasteiger partial charge in [-0.05, 0) is 80.6 Å². The number of aliphatic carboxylic acids is 1. The topological polar surface area (TPSA) is 57.5 Å². The average Bonchev–Trinajstić information content (AvgIpc) is 2.68. The average molecular weight is 318 g/mol. The number of aliphatic hydroxyl groups is 1. The first-order chi connectivity index (χ1) is 10.8. The summed E-state index contributed by atoms with van der Waals surface area (Å²) in [6.45, 7) is 8.53. The SMILES string of the molecule is C=C1[C@@H]2CC[C@@H]3[C@@]4(C)CCC[C@](C)(C(=O)O)[C@@H]4CC[C@@]3(C2)[C@@H]1O. The van der Waals surface area contributed by atoms with E-state index in [1.807, 2.05) is 6.92 Å². The van der Waals surface area contributed by atoms with Crippen molar-refractivity contribution in [3.05, 3.63) is 12.2 Å². The quantitative estimate of drug-likeness (QED) is 0.718. The molecule has 3 heteroatoms. The molecule has 2 bridgehead atoms. The van der Waals surface area contributed by atoms with Crippen molar-refractivity contribution in [3.8, 4) is 0 Å². The van der Waals surface area contributed by atoms with Crippen LogP contribution in [0.1, 0.15) is 65.2 Å². The van der Waals surface area contributed by atoms with Crippen LogP contribution in [0.5, 0.6) is 0 Å². The highest BCUT2D eigenvalue weighted by atomic mass is 16.4. The lowest BCUT2D eigenvalue weighted by Gasteiger charge is -2.63. The van der Waals surface area contributed by atoms with Crippen LogP contribution in [0.2, 0.25) is 0 Å². The van der Waals surface area contributed by atoms with Gasteiger partial charge in [-0.3, -0.25) is 4.79 Å². The molecule has 0 unspecified atom stereocenters. The van der Waals surface area contributed by atoms with Crippen LogP contribution in [0.25, 0.3) is 0 Å². The van der Waals surface area contributed by atoms with E-state index in [9.17, 15) is 15.0 Å². The van der Waals surface area contributed by atoms with E-state index in [1.165, 1.54) is 0 Å². The molecule has 0 heterocycles. The van der Waals surface area contributed by atoms with Gasteiger partial charge in [0.05, 0.1) is 11.5 Å². The molecule has 0 amide bonds. The molecule has 4 saturated carbocycles. The Balaban J connectivity index is 1.78. The predicted molar refractivity (Wildman–Crippen MR) is 88.8 cm³/mol. The molecule has 0 aromatic heterocycles. The molecule has 0 aromatic carbocycles. The second-order valence-corrected chi connectivity index (χ2v) is 9.41. The molecule has 4 aliphatic carbocycles. The van der Waals surface area contributed by atoms with E-state index >= 15 is 0 Å². The van der Waals surface area contributed by atoms with Crippen molar-refractivity contribution in [2.24, 2.45) is 34.0 Å². The van der Waals surface area contributed by atoms with Gasteiger partial charge >= 0.3 is 5.97 Å². The fourth-order valence-electron chi connectivity index (χ4n) is 7.62. The van der Waals surface area contributed by atoms with Gasteiger partial charge in [0.25, 0.3) is 0 Å². The zero-order chi connectivity index (χ0) is 16.6. The number of hydrogen-bond donors (Lipinski definition) is 2. The Bertz CT molecular complexity index is 569. The summed E-state index contributed by atoms with van der Waals surface area (Å²) in [4.78, 5) is 12.0. The molecule has 0 aromatic rings. The largest absolute Gasteiger partial charge is 0.481 e. The van der Waals surface area contributed by atoms with E-state index < -0.39 is 11.4 Å². The highest BCUT2D eigenvalue weighted by molar-refractivity contribution is 5.75. The summed E-state index contributed by atoms with van der Waals surface area (Å²) in [6, 6.07) is 0. The van der Waals surface area contributed by atoms with Crippen molar-refractivity contribution in [1.29, 1.82) is 0 Å². The van der Waals surface area contributed by atoms with E-state index in [4.69, 9.17) is 0 Å². The predicted octanol–water partition coefficient (Wildman–Crippen LogP) is 4.01. The first-order valence-electron chi connectivity index (χ1n) is 9.36. The third kappa shape index (κ3) is 1.72. The molecule has 7 atom stereocenters. The van der Waals surface area contributed by atoms with Crippen molar-refractivity contribution >= 4 is 5.97 Å². The van der Waals surface area contributed by atoms with E-state index in [1.54, 1.807) is 0 Å². The van der Waals surface area contributed by atoms with Crippen LogP contribution in [-0.2, 0) is 4.79 Å². The van der Waals surface area contributed by atoms with Gasteiger partial charge in [-0.25, -0.2) is 0 Å². The van der Waals surface area contributed by atoms with Gasteiger partial charge in [0.2, 0.25) is 0 Å². The molecular formula is C20H30O3. The molecular weight excluding hydrogens is 288 g/mol. The van der Waals surface area contributed by atoms with Crippen LogP contribution in [-0.4, -0.2) is 22.3 Å². The summed E-state index contributed by atoms with van der Waals surface area (Å²) in [6.07, 6.45) is 7.86. The maximum Gasteiger partial charge on any atom is 0.309 e. The van der Waals surface area contributed by atoms with Crippen molar-refractivity contribution < 1.29 is 15.0 Å². The number of rotatable bonds is 1. The first-order valence-corrected chi connectivity index (χ1v) is 9.36. The number of aliphatic hydroxyl groups excluding tert-OH is 1. The smallest absolute Gasteiger partial charge is 0.309 e. The Morgan fingerprint density at radius 1 is 1.13 bits per heavy atom. The molecule has 4 aliphatic rings. The second-order valence-electron chi connectivity index (χ2n) is 9.41. The maximum absolute atomic E-state index is 12.0. The summed E-state index contributed by atoms with van der Waals surface area (Å²) in [5.74, 6) is 0.581. The number of carboxylic acid groups (broad SMARTS) is 1. The molecule has 0 aliphatic heterocycles. The lowest BCUT2D eigenvalue weighted by atomic mass is 9.40. The minimum atomic E-state index is -0.616. The Morgan fingerprint density at radius 2 is 1.87 bits per heavy atom. The third-order valence-electron chi connectivity index (χ3n) is 8.70. The Kier molecular flexibility index (Phi) is 3.15. The molecule has 1 spiro atoms. The summed E-state index contributed by atoms with van der Waals surface area (Å²) in [5.41, 5.74) is 0.514. The minimum absolute atomic E-state index is 0.0119. The molecule has 4 rings (SSSR count). The standard InChI is InChI=1S/C20H30O3/c1-12-13-5-6-15-18(2)8-4-9-19(3,17(22)23)14(18)7-10-20(15,11-13)16(12)21/h13-16,21H,1,4-11H2,2-3H3,(H,22,23)/t13-,14-,15-,16-,18+,19+,20+/m1/s1. The van der Waals surface area contributed by atoms with Crippen molar-refractivity contribution in [3.63, 3.8) is 0 Å². The van der Waals surface area contributed by atoms with Crippen LogP contribution in [0.4, 0.5) is 0 Å². The molecule has 3 nitrogen and oxygen atoms in total. The van der Waals surface area contributed by atoms with E-state index in [0.29, 0.717) is 11.8 Å². The van der Waals surface area contributed by atoms with Gasteiger partial charge < -0.3 is 10.2 Å². The van der Waals surface area contributed by atoms with Crippen LogP contribution < -0.4 is 0 Å². The van der Waals surface area contributed by atoms with Crippen molar-refractivity contribution in [2.45, 2.75) is 71.3 Å². The van der Waals surface area contributed by atoms with Gasteiger partial charge in [-0.15, -0.1) is 0 Å². The van der Waals surface area contributed by atoms with Gasteiger partial charge in [0, 0.05) is 5.41 Å². The molecule has 0 radical (unpaired) electrons. The Labute approximate surface area is 139 Å². The van der Waals surface area contributed by atoms with Crippen molar-refractivity contribution in [2.75, 3.05) is 0 Å². The lowest BCUT2D eigenvalue weighted by molar-refractivity contribution is -0.190. The second kappa shape index (κ2) is 4.62. The number of carboxylic acids is 1. The molecule has 128 valence electrons. The summed E-state index contributed by atoms with van der Waals surface area (Å²) >= 11 is 0. The van der Waals surface area contributed by atoms with Crippen LogP contribution in [0.3, 0.4) is 0 Å².